The summed E-state index contributed by atoms with van der Waals surface area (Å²) >= 11 is 3.21. The summed E-state index contributed by atoms with van der Waals surface area (Å²) in [5.41, 5.74) is 6.74. The van der Waals surface area contributed by atoms with Gasteiger partial charge in [0.2, 0.25) is 0 Å². The van der Waals surface area contributed by atoms with Crippen LogP contribution in [0.4, 0.5) is 14.6 Å². The Labute approximate surface area is 83.3 Å². The Morgan fingerprint density at radius 1 is 1.62 bits per heavy atom. The lowest BCUT2D eigenvalue weighted by molar-refractivity contribution is 0.146. The zero-order chi connectivity index (χ0) is 10.0. The van der Waals surface area contributed by atoms with Crippen LogP contribution < -0.4 is 5.73 Å². The SMILES string of the molecule is Cc1cc(C(F)F)nc(N)c1CBr. The molecule has 2 N–H and O–H groups in total. The first-order valence-electron chi connectivity index (χ1n) is 3.66. The fourth-order valence-corrected chi connectivity index (χ4v) is 1.76. The molecule has 0 fully saturated rings. The van der Waals surface area contributed by atoms with Crippen molar-refractivity contribution >= 4 is 21.7 Å². The Hall–Kier alpha value is -0.710. The molecule has 0 aliphatic heterocycles. The maximum atomic E-state index is 12.2. The zero-order valence-electron chi connectivity index (χ0n) is 7.02. The Bertz CT molecular complexity index is 292. The molecule has 0 radical (unpaired) electrons. The van der Waals surface area contributed by atoms with Crippen LogP contribution in [-0.2, 0) is 5.33 Å². The van der Waals surface area contributed by atoms with Crippen LogP contribution in [0.3, 0.4) is 0 Å². The van der Waals surface area contributed by atoms with Gasteiger partial charge in [-0.2, -0.15) is 0 Å². The third-order valence-electron chi connectivity index (χ3n) is 1.76. The van der Waals surface area contributed by atoms with Crippen LogP contribution >= 0.6 is 15.9 Å². The number of halogens is 3. The second-order valence-corrected chi connectivity index (χ2v) is 3.22. The minimum atomic E-state index is -2.56. The van der Waals surface area contributed by atoms with Crippen LogP contribution in [0, 0.1) is 6.92 Å². The van der Waals surface area contributed by atoms with Crippen molar-refractivity contribution in [1.29, 1.82) is 0 Å². The number of aryl methyl sites for hydroxylation is 1. The molecule has 1 rings (SSSR count). The number of nitrogens with zero attached hydrogens (tertiary/aromatic N) is 1. The van der Waals surface area contributed by atoms with Crippen LogP contribution in [0.15, 0.2) is 6.07 Å². The molecule has 0 spiro atoms. The molecule has 0 atom stereocenters. The Kier molecular flexibility index (Phi) is 3.19. The molecule has 0 saturated heterocycles. The van der Waals surface area contributed by atoms with Crippen molar-refractivity contribution in [2.24, 2.45) is 0 Å². The summed E-state index contributed by atoms with van der Waals surface area (Å²) in [6.07, 6.45) is -2.56. The molecule has 0 amide bonds. The summed E-state index contributed by atoms with van der Waals surface area (Å²) in [4.78, 5) is 3.60. The van der Waals surface area contributed by atoms with Crippen molar-refractivity contribution in [2.45, 2.75) is 18.7 Å². The van der Waals surface area contributed by atoms with Gasteiger partial charge >= 0.3 is 0 Å². The van der Waals surface area contributed by atoms with Gasteiger partial charge in [-0.25, -0.2) is 13.8 Å². The van der Waals surface area contributed by atoms with Crippen molar-refractivity contribution < 1.29 is 8.78 Å². The van der Waals surface area contributed by atoms with Gasteiger partial charge in [-0.05, 0) is 18.6 Å². The van der Waals surface area contributed by atoms with E-state index in [-0.39, 0.29) is 11.5 Å². The monoisotopic (exact) mass is 250 g/mol. The molecular formula is C8H9BrF2N2. The summed E-state index contributed by atoms with van der Waals surface area (Å²) in [6.45, 7) is 1.74. The quantitative estimate of drug-likeness (QED) is 0.821. The normalized spacial score (nSPS) is 10.8. The Balaban J connectivity index is 3.20. The highest BCUT2D eigenvalue weighted by Gasteiger charge is 2.12. The van der Waals surface area contributed by atoms with Crippen molar-refractivity contribution in [2.75, 3.05) is 5.73 Å². The number of anilines is 1. The molecule has 5 heteroatoms. The van der Waals surface area contributed by atoms with Gasteiger partial charge in [0.05, 0.1) is 0 Å². The lowest BCUT2D eigenvalue weighted by Crippen LogP contribution is -2.02. The number of nitrogen functional groups attached to an aromatic ring is 1. The van der Waals surface area contributed by atoms with Gasteiger partial charge < -0.3 is 5.73 Å². The summed E-state index contributed by atoms with van der Waals surface area (Å²) in [5, 5.41) is 0.529. The average molecular weight is 251 g/mol. The van der Waals surface area contributed by atoms with Crippen molar-refractivity contribution in [3.05, 3.63) is 22.9 Å². The molecule has 13 heavy (non-hydrogen) atoms. The van der Waals surface area contributed by atoms with Gasteiger partial charge in [0, 0.05) is 10.9 Å². The van der Waals surface area contributed by atoms with E-state index in [0.29, 0.717) is 5.33 Å². The molecule has 1 heterocycles. The van der Waals surface area contributed by atoms with Gasteiger partial charge in [0.1, 0.15) is 11.5 Å². The van der Waals surface area contributed by atoms with Crippen LogP contribution in [-0.4, -0.2) is 4.98 Å². The first-order valence-corrected chi connectivity index (χ1v) is 4.78. The molecule has 0 unspecified atom stereocenters. The maximum absolute atomic E-state index is 12.2. The molecule has 72 valence electrons. The van der Waals surface area contributed by atoms with Gasteiger partial charge in [0.25, 0.3) is 6.43 Å². The van der Waals surface area contributed by atoms with E-state index >= 15 is 0 Å². The second-order valence-electron chi connectivity index (χ2n) is 2.66. The number of pyridine rings is 1. The van der Waals surface area contributed by atoms with Crippen molar-refractivity contribution in [1.82, 2.24) is 4.98 Å². The van der Waals surface area contributed by atoms with Crippen molar-refractivity contribution in [3.63, 3.8) is 0 Å². The predicted octanol–water partition coefficient (Wildman–Crippen LogP) is 2.80. The molecule has 0 saturated carbocycles. The van der Waals surface area contributed by atoms with E-state index in [1.54, 1.807) is 6.92 Å². The van der Waals surface area contributed by atoms with Gasteiger partial charge in [-0.1, -0.05) is 15.9 Å². The highest BCUT2D eigenvalue weighted by Crippen LogP contribution is 2.24. The van der Waals surface area contributed by atoms with E-state index in [1.807, 2.05) is 0 Å². The minimum absolute atomic E-state index is 0.173. The average Bonchev–Trinajstić information content (AvgIpc) is 2.03. The van der Waals surface area contributed by atoms with E-state index in [0.717, 1.165) is 11.1 Å². The molecule has 1 aromatic rings. The summed E-state index contributed by atoms with van der Waals surface area (Å²) in [5.74, 6) is 0.173. The van der Waals surface area contributed by atoms with E-state index < -0.39 is 6.43 Å². The van der Waals surface area contributed by atoms with Gasteiger partial charge in [-0.3, -0.25) is 0 Å². The molecule has 1 aromatic heterocycles. The maximum Gasteiger partial charge on any atom is 0.280 e. The smallest absolute Gasteiger partial charge is 0.280 e. The second kappa shape index (κ2) is 4.00. The molecule has 0 aromatic carbocycles. The first-order chi connectivity index (χ1) is 6.06. The predicted molar refractivity (Wildman–Crippen MR) is 51.0 cm³/mol. The van der Waals surface area contributed by atoms with Crippen LogP contribution in [0.2, 0.25) is 0 Å². The number of rotatable bonds is 2. The number of alkyl halides is 3. The highest BCUT2D eigenvalue weighted by molar-refractivity contribution is 9.08. The van der Waals surface area contributed by atoms with E-state index in [9.17, 15) is 8.78 Å². The fraction of sp³-hybridized carbons (Fsp3) is 0.375. The molecule has 0 aliphatic carbocycles. The van der Waals surface area contributed by atoms with E-state index in [1.165, 1.54) is 6.07 Å². The van der Waals surface area contributed by atoms with Crippen LogP contribution in [0.25, 0.3) is 0 Å². The third-order valence-corrected chi connectivity index (χ3v) is 2.32. The van der Waals surface area contributed by atoms with Gasteiger partial charge in [0.15, 0.2) is 0 Å². The Morgan fingerprint density at radius 3 is 2.62 bits per heavy atom. The number of nitrogens with two attached hydrogens (primary N) is 1. The molecule has 0 aliphatic rings. The fourth-order valence-electron chi connectivity index (χ4n) is 1.04. The summed E-state index contributed by atoms with van der Waals surface area (Å²) < 4.78 is 24.5. The van der Waals surface area contributed by atoms with E-state index in [4.69, 9.17) is 5.73 Å². The molecule has 2 nitrogen and oxygen atoms in total. The number of hydrogen-bond donors (Lipinski definition) is 1. The molecular weight excluding hydrogens is 242 g/mol. The largest absolute Gasteiger partial charge is 0.383 e. The lowest BCUT2D eigenvalue weighted by Gasteiger charge is -2.08. The first kappa shape index (κ1) is 10.4. The standard InChI is InChI=1S/C8H9BrF2N2/c1-4-2-6(7(10)11)13-8(12)5(4)3-9/h2,7H,3H2,1H3,(H2,12,13). The topological polar surface area (TPSA) is 38.9 Å². The van der Waals surface area contributed by atoms with Crippen LogP contribution in [0.1, 0.15) is 23.2 Å². The van der Waals surface area contributed by atoms with E-state index in [2.05, 4.69) is 20.9 Å². The number of aromatic nitrogens is 1. The zero-order valence-corrected chi connectivity index (χ0v) is 8.61. The highest BCUT2D eigenvalue weighted by atomic mass is 79.9. The number of hydrogen-bond acceptors (Lipinski definition) is 2. The minimum Gasteiger partial charge on any atom is -0.383 e. The molecule has 0 bridgehead atoms. The summed E-state index contributed by atoms with van der Waals surface area (Å²) in [7, 11) is 0. The van der Waals surface area contributed by atoms with Gasteiger partial charge in [-0.15, -0.1) is 0 Å². The van der Waals surface area contributed by atoms with Crippen LogP contribution in [0.5, 0.6) is 0 Å². The third kappa shape index (κ3) is 2.15. The summed E-state index contributed by atoms with van der Waals surface area (Å²) in [6, 6.07) is 1.36. The van der Waals surface area contributed by atoms with Crippen molar-refractivity contribution in [3.8, 4) is 0 Å². The lowest BCUT2D eigenvalue weighted by atomic mass is 10.1. The Morgan fingerprint density at radius 2 is 2.23 bits per heavy atom.